The molecule has 0 aliphatic rings. The van der Waals surface area contributed by atoms with Gasteiger partial charge in [-0.15, -0.1) is 0 Å². The fourth-order valence-electron chi connectivity index (χ4n) is 2.28. The Morgan fingerprint density at radius 2 is 1.86 bits per heavy atom. The van der Waals surface area contributed by atoms with Gasteiger partial charge in [0.25, 0.3) is 0 Å². The summed E-state index contributed by atoms with van der Waals surface area (Å²) in [4.78, 5) is 0. The summed E-state index contributed by atoms with van der Waals surface area (Å²) >= 11 is 0. The third-order valence-corrected chi connectivity index (χ3v) is 3.44. The first-order chi connectivity index (χ1) is 10.1. The Balaban J connectivity index is 2.17. The highest BCUT2D eigenvalue weighted by Crippen LogP contribution is 2.30. The van der Waals surface area contributed by atoms with Crippen molar-refractivity contribution in [2.45, 2.75) is 39.2 Å². The second kappa shape index (κ2) is 7.23. The van der Waals surface area contributed by atoms with Gasteiger partial charge in [0.2, 0.25) is 0 Å². The van der Waals surface area contributed by atoms with E-state index in [0.29, 0.717) is 17.1 Å². The minimum Gasteiger partial charge on any atom is -0.457 e. The molecule has 1 atom stereocenters. The quantitative estimate of drug-likeness (QED) is 0.813. The van der Waals surface area contributed by atoms with Gasteiger partial charge in [0.05, 0.1) is 0 Å². The number of aryl methyl sites for hydroxylation is 1. The molecule has 0 radical (unpaired) electrons. The fourth-order valence-corrected chi connectivity index (χ4v) is 2.28. The normalized spacial score (nSPS) is 12.2. The lowest BCUT2D eigenvalue weighted by Gasteiger charge is -2.14. The molecule has 0 fully saturated rings. The van der Waals surface area contributed by atoms with Crippen molar-refractivity contribution < 1.29 is 9.13 Å². The summed E-state index contributed by atoms with van der Waals surface area (Å²) in [5.41, 5.74) is 7.53. The van der Waals surface area contributed by atoms with E-state index in [9.17, 15) is 4.39 Å². The Morgan fingerprint density at radius 1 is 1.14 bits per heavy atom. The van der Waals surface area contributed by atoms with E-state index in [-0.39, 0.29) is 5.82 Å². The van der Waals surface area contributed by atoms with Crippen molar-refractivity contribution in [2.24, 2.45) is 5.73 Å². The number of halogens is 1. The first-order valence-corrected chi connectivity index (χ1v) is 7.42. The Hall–Kier alpha value is -1.87. The molecule has 0 heterocycles. The molecule has 2 aromatic carbocycles. The molecule has 0 saturated heterocycles. The summed E-state index contributed by atoms with van der Waals surface area (Å²) in [7, 11) is 0. The average Bonchev–Trinajstić information content (AvgIpc) is 2.46. The molecule has 0 aromatic heterocycles. The van der Waals surface area contributed by atoms with Gasteiger partial charge in [-0.3, -0.25) is 0 Å². The Labute approximate surface area is 125 Å². The zero-order chi connectivity index (χ0) is 15.2. The van der Waals surface area contributed by atoms with E-state index in [4.69, 9.17) is 10.5 Å². The number of unbranched alkanes of at least 4 members (excludes halogenated alkanes) is 1. The van der Waals surface area contributed by atoms with Gasteiger partial charge in [0.15, 0.2) is 0 Å². The zero-order valence-electron chi connectivity index (χ0n) is 12.6. The van der Waals surface area contributed by atoms with Crippen LogP contribution >= 0.6 is 0 Å². The molecular formula is C18H22FNO. The summed E-state index contributed by atoms with van der Waals surface area (Å²) in [6.45, 7) is 3.93. The summed E-state index contributed by atoms with van der Waals surface area (Å²) in [6, 6.07) is 12.3. The molecule has 0 bridgehead atoms. The van der Waals surface area contributed by atoms with Gasteiger partial charge in [-0.1, -0.05) is 31.5 Å². The lowest BCUT2D eigenvalue weighted by atomic mass is 10.1. The molecule has 0 saturated carbocycles. The number of hydrogen-bond acceptors (Lipinski definition) is 2. The van der Waals surface area contributed by atoms with Crippen molar-refractivity contribution in [1.82, 2.24) is 0 Å². The van der Waals surface area contributed by atoms with Crippen LogP contribution in [-0.2, 0) is 6.42 Å². The fraction of sp³-hybridized carbons (Fsp3) is 0.333. The third-order valence-electron chi connectivity index (χ3n) is 3.44. The van der Waals surface area contributed by atoms with E-state index in [1.54, 1.807) is 19.1 Å². The third kappa shape index (κ3) is 4.05. The number of nitrogens with two attached hydrogens (primary N) is 1. The highest BCUT2D eigenvalue weighted by atomic mass is 19.1. The second-order valence-electron chi connectivity index (χ2n) is 5.29. The molecular weight excluding hydrogens is 265 g/mol. The second-order valence-corrected chi connectivity index (χ2v) is 5.29. The molecule has 2 N–H and O–H groups in total. The number of rotatable bonds is 6. The summed E-state index contributed by atoms with van der Waals surface area (Å²) in [5.74, 6) is 0.844. The molecule has 3 heteroatoms. The predicted octanol–water partition coefficient (Wildman–Crippen LogP) is 4.98. The van der Waals surface area contributed by atoms with Crippen LogP contribution in [0.15, 0.2) is 42.5 Å². The first-order valence-electron chi connectivity index (χ1n) is 7.42. The Bertz CT molecular complexity index is 578. The highest BCUT2D eigenvalue weighted by Gasteiger charge is 2.14. The van der Waals surface area contributed by atoms with Gasteiger partial charge in [0.1, 0.15) is 17.3 Å². The maximum absolute atomic E-state index is 13.8. The number of hydrogen-bond donors (Lipinski definition) is 1. The van der Waals surface area contributed by atoms with Crippen molar-refractivity contribution in [3.8, 4) is 11.5 Å². The molecule has 2 nitrogen and oxygen atoms in total. The monoisotopic (exact) mass is 287 g/mol. The SMILES string of the molecule is CCCCc1ccc(Oc2cccc(F)c2C(C)N)cc1. The van der Waals surface area contributed by atoms with Crippen LogP contribution in [0.25, 0.3) is 0 Å². The summed E-state index contributed by atoms with van der Waals surface area (Å²) in [6.07, 6.45) is 3.43. The highest BCUT2D eigenvalue weighted by molar-refractivity contribution is 5.40. The standard InChI is InChI=1S/C18H22FNO/c1-3-4-6-14-9-11-15(12-10-14)21-17-8-5-7-16(19)18(17)13(2)20/h5,7-13H,3-4,6,20H2,1-2H3. The minimum absolute atomic E-state index is 0.331. The number of benzene rings is 2. The molecule has 2 aromatic rings. The zero-order valence-corrected chi connectivity index (χ0v) is 12.6. The van der Waals surface area contributed by atoms with Crippen molar-refractivity contribution in [2.75, 3.05) is 0 Å². The summed E-state index contributed by atoms with van der Waals surface area (Å²) in [5, 5.41) is 0. The van der Waals surface area contributed by atoms with Gasteiger partial charge in [0, 0.05) is 11.6 Å². The van der Waals surface area contributed by atoms with E-state index in [2.05, 4.69) is 19.1 Å². The predicted molar refractivity (Wildman–Crippen MR) is 84.1 cm³/mol. The van der Waals surface area contributed by atoms with E-state index in [1.807, 2.05) is 12.1 Å². The Morgan fingerprint density at radius 3 is 2.48 bits per heavy atom. The molecule has 0 amide bonds. The molecule has 1 unspecified atom stereocenters. The van der Waals surface area contributed by atoms with Crippen LogP contribution in [0.3, 0.4) is 0 Å². The van der Waals surface area contributed by atoms with Gasteiger partial charge >= 0.3 is 0 Å². The summed E-state index contributed by atoms with van der Waals surface area (Å²) < 4.78 is 19.6. The lowest BCUT2D eigenvalue weighted by Crippen LogP contribution is -2.09. The lowest BCUT2D eigenvalue weighted by molar-refractivity contribution is 0.460. The molecule has 2 rings (SSSR count). The number of ether oxygens (including phenoxy) is 1. The van der Waals surface area contributed by atoms with Crippen LogP contribution < -0.4 is 10.5 Å². The van der Waals surface area contributed by atoms with Crippen molar-refractivity contribution in [3.05, 3.63) is 59.4 Å². The molecule has 0 aliphatic heterocycles. The Kier molecular flexibility index (Phi) is 5.34. The molecule has 21 heavy (non-hydrogen) atoms. The van der Waals surface area contributed by atoms with E-state index < -0.39 is 6.04 Å². The van der Waals surface area contributed by atoms with Crippen LogP contribution in [0.4, 0.5) is 4.39 Å². The largest absolute Gasteiger partial charge is 0.457 e. The van der Waals surface area contributed by atoms with Crippen LogP contribution in [-0.4, -0.2) is 0 Å². The van der Waals surface area contributed by atoms with Crippen LogP contribution in [0.5, 0.6) is 11.5 Å². The van der Waals surface area contributed by atoms with Crippen molar-refractivity contribution in [1.29, 1.82) is 0 Å². The maximum atomic E-state index is 13.8. The van der Waals surface area contributed by atoms with E-state index in [0.717, 1.165) is 6.42 Å². The van der Waals surface area contributed by atoms with Gasteiger partial charge < -0.3 is 10.5 Å². The van der Waals surface area contributed by atoms with Gasteiger partial charge in [-0.2, -0.15) is 0 Å². The molecule has 112 valence electrons. The first kappa shape index (κ1) is 15.5. The van der Waals surface area contributed by atoms with Crippen LogP contribution in [0.2, 0.25) is 0 Å². The van der Waals surface area contributed by atoms with Crippen LogP contribution in [0.1, 0.15) is 43.9 Å². The van der Waals surface area contributed by atoms with E-state index in [1.165, 1.54) is 24.5 Å². The van der Waals surface area contributed by atoms with Gasteiger partial charge in [-0.05, 0) is 49.6 Å². The smallest absolute Gasteiger partial charge is 0.135 e. The van der Waals surface area contributed by atoms with Crippen molar-refractivity contribution in [3.63, 3.8) is 0 Å². The molecule has 0 aliphatic carbocycles. The minimum atomic E-state index is -0.412. The molecule has 0 spiro atoms. The van der Waals surface area contributed by atoms with Crippen LogP contribution in [0, 0.1) is 5.82 Å². The maximum Gasteiger partial charge on any atom is 0.135 e. The average molecular weight is 287 g/mol. The van der Waals surface area contributed by atoms with Gasteiger partial charge in [-0.25, -0.2) is 4.39 Å². The van der Waals surface area contributed by atoms with Crippen molar-refractivity contribution >= 4 is 0 Å². The van der Waals surface area contributed by atoms with E-state index >= 15 is 0 Å². The topological polar surface area (TPSA) is 35.2 Å².